The number of hydrogen-bond acceptors (Lipinski definition) is 1. The molecule has 0 aromatic carbocycles. The van der Waals surface area contributed by atoms with E-state index < -0.39 is 0 Å². The van der Waals surface area contributed by atoms with Crippen molar-refractivity contribution in [3.8, 4) is 0 Å². The van der Waals surface area contributed by atoms with Crippen molar-refractivity contribution in [3.63, 3.8) is 0 Å². The minimum absolute atomic E-state index is 0.808. The lowest BCUT2D eigenvalue weighted by molar-refractivity contribution is 0.127. The fourth-order valence-corrected chi connectivity index (χ4v) is 4.24. The van der Waals surface area contributed by atoms with Gasteiger partial charge in [0, 0.05) is 6.04 Å². The summed E-state index contributed by atoms with van der Waals surface area (Å²) in [5, 5.41) is 3.62. The van der Waals surface area contributed by atoms with E-state index in [9.17, 15) is 0 Å². The molecule has 1 heteroatoms. The van der Waals surface area contributed by atoms with Gasteiger partial charge in [0.1, 0.15) is 0 Å². The molecule has 0 aromatic heterocycles. The molecule has 0 spiro atoms. The Morgan fingerprint density at radius 2 is 1.59 bits per heavy atom. The SMILES string of the molecule is CNC1CCCCCC1C1CCC(C)C(C)C1. The molecule has 5 unspecified atom stereocenters. The first-order chi connectivity index (χ1) is 8.22. The van der Waals surface area contributed by atoms with Crippen molar-refractivity contribution in [1.82, 2.24) is 5.32 Å². The summed E-state index contributed by atoms with van der Waals surface area (Å²) in [6.07, 6.45) is 11.7. The van der Waals surface area contributed by atoms with Gasteiger partial charge in [0.05, 0.1) is 0 Å². The van der Waals surface area contributed by atoms with Gasteiger partial charge in [-0.05, 0) is 56.4 Å². The van der Waals surface area contributed by atoms with Crippen LogP contribution in [0.4, 0.5) is 0 Å². The third-order valence-corrected chi connectivity index (χ3v) is 5.68. The van der Waals surface area contributed by atoms with Crippen LogP contribution in [0.1, 0.15) is 65.2 Å². The van der Waals surface area contributed by atoms with Crippen LogP contribution in [0.15, 0.2) is 0 Å². The van der Waals surface area contributed by atoms with Crippen LogP contribution in [0, 0.1) is 23.7 Å². The molecule has 0 bridgehead atoms. The third kappa shape index (κ3) is 3.24. The zero-order chi connectivity index (χ0) is 12.3. The van der Waals surface area contributed by atoms with Crippen molar-refractivity contribution in [2.45, 2.75) is 71.3 Å². The summed E-state index contributed by atoms with van der Waals surface area (Å²) in [5.74, 6) is 3.90. The van der Waals surface area contributed by atoms with Crippen LogP contribution in [0.25, 0.3) is 0 Å². The van der Waals surface area contributed by atoms with Crippen LogP contribution in [0.2, 0.25) is 0 Å². The maximum Gasteiger partial charge on any atom is 0.00949 e. The molecule has 100 valence electrons. The average molecular weight is 237 g/mol. The minimum atomic E-state index is 0.808. The summed E-state index contributed by atoms with van der Waals surface area (Å²) >= 11 is 0. The summed E-state index contributed by atoms with van der Waals surface area (Å²) in [6.45, 7) is 4.92. The first kappa shape index (κ1) is 13.4. The molecule has 1 nitrogen and oxygen atoms in total. The smallest absolute Gasteiger partial charge is 0.00949 e. The Balaban J connectivity index is 1.98. The minimum Gasteiger partial charge on any atom is -0.317 e. The second-order valence-electron chi connectivity index (χ2n) is 6.72. The van der Waals surface area contributed by atoms with Crippen molar-refractivity contribution >= 4 is 0 Å². The van der Waals surface area contributed by atoms with E-state index in [2.05, 4.69) is 26.2 Å². The molecule has 0 saturated heterocycles. The molecular formula is C16H31N. The number of nitrogens with one attached hydrogen (secondary N) is 1. The molecular weight excluding hydrogens is 206 g/mol. The summed E-state index contributed by atoms with van der Waals surface area (Å²) < 4.78 is 0. The van der Waals surface area contributed by atoms with E-state index in [1.54, 1.807) is 0 Å². The molecule has 2 fully saturated rings. The molecule has 0 radical (unpaired) electrons. The molecule has 0 aromatic rings. The fraction of sp³-hybridized carbons (Fsp3) is 1.00. The van der Waals surface area contributed by atoms with Gasteiger partial charge in [-0.3, -0.25) is 0 Å². The quantitative estimate of drug-likeness (QED) is 0.709. The molecule has 0 amide bonds. The molecule has 1 N–H and O–H groups in total. The van der Waals surface area contributed by atoms with E-state index in [1.807, 2.05) is 0 Å². The normalized spacial score (nSPS) is 44.3. The molecule has 5 atom stereocenters. The summed E-state index contributed by atoms with van der Waals surface area (Å²) in [5.41, 5.74) is 0. The molecule has 2 aliphatic rings. The van der Waals surface area contributed by atoms with E-state index in [-0.39, 0.29) is 0 Å². The van der Waals surface area contributed by atoms with Gasteiger partial charge in [0.2, 0.25) is 0 Å². The molecule has 17 heavy (non-hydrogen) atoms. The van der Waals surface area contributed by atoms with Gasteiger partial charge >= 0.3 is 0 Å². The standard InChI is InChI=1S/C16H31N/c1-12-9-10-14(11-13(12)2)15-7-5-4-6-8-16(15)17-3/h12-17H,4-11H2,1-3H3. The van der Waals surface area contributed by atoms with Crippen molar-refractivity contribution in [1.29, 1.82) is 0 Å². The van der Waals surface area contributed by atoms with Crippen LogP contribution in [0.3, 0.4) is 0 Å². The highest BCUT2D eigenvalue weighted by atomic mass is 14.9. The maximum atomic E-state index is 3.62. The van der Waals surface area contributed by atoms with Crippen molar-refractivity contribution < 1.29 is 0 Å². The first-order valence-electron chi connectivity index (χ1n) is 7.89. The number of hydrogen-bond donors (Lipinski definition) is 1. The van der Waals surface area contributed by atoms with E-state index in [0.29, 0.717) is 0 Å². The van der Waals surface area contributed by atoms with E-state index in [4.69, 9.17) is 0 Å². The Bertz CT molecular complexity index is 226. The largest absolute Gasteiger partial charge is 0.317 e. The average Bonchev–Trinajstić information content (AvgIpc) is 2.57. The molecule has 2 saturated carbocycles. The van der Waals surface area contributed by atoms with Gasteiger partial charge in [-0.1, -0.05) is 39.5 Å². The predicted octanol–water partition coefficient (Wildman–Crippen LogP) is 4.23. The van der Waals surface area contributed by atoms with E-state index in [1.165, 1.54) is 51.4 Å². The zero-order valence-electron chi connectivity index (χ0n) is 12.0. The van der Waals surface area contributed by atoms with Crippen molar-refractivity contribution in [2.75, 3.05) is 7.05 Å². The van der Waals surface area contributed by atoms with Gasteiger partial charge in [0.25, 0.3) is 0 Å². The highest BCUT2D eigenvalue weighted by Gasteiger charge is 2.34. The lowest BCUT2D eigenvalue weighted by Gasteiger charge is -2.39. The van der Waals surface area contributed by atoms with Crippen molar-refractivity contribution in [2.24, 2.45) is 23.7 Å². The second-order valence-corrected chi connectivity index (χ2v) is 6.72. The summed E-state index contributed by atoms with van der Waals surface area (Å²) in [7, 11) is 2.18. The fourth-order valence-electron chi connectivity index (χ4n) is 4.24. The second kappa shape index (κ2) is 6.22. The Morgan fingerprint density at radius 1 is 0.824 bits per heavy atom. The van der Waals surface area contributed by atoms with Crippen LogP contribution >= 0.6 is 0 Å². The van der Waals surface area contributed by atoms with Crippen LogP contribution < -0.4 is 5.32 Å². The molecule has 2 aliphatic carbocycles. The van der Waals surface area contributed by atoms with E-state index >= 15 is 0 Å². The predicted molar refractivity (Wildman–Crippen MR) is 75.1 cm³/mol. The molecule has 2 rings (SSSR count). The van der Waals surface area contributed by atoms with E-state index in [0.717, 1.165) is 29.7 Å². The van der Waals surface area contributed by atoms with Crippen molar-refractivity contribution in [3.05, 3.63) is 0 Å². The van der Waals surface area contributed by atoms with Crippen LogP contribution in [-0.2, 0) is 0 Å². The topological polar surface area (TPSA) is 12.0 Å². The van der Waals surface area contributed by atoms with Crippen LogP contribution in [-0.4, -0.2) is 13.1 Å². The molecule has 0 heterocycles. The Labute approximate surface area is 108 Å². The lowest BCUT2D eigenvalue weighted by Crippen LogP contribution is -2.39. The van der Waals surface area contributed by atoms with Gasteiger partial charge in [-0.25, -0.2) is 0 Å². The monoisotopic (exact) mass is 237 g/mol. The Kier molecular flexibility index (Phi) is 4.90. The van der Waals surface area contributed by atoms with Gasteiger partial charge in [-0.2, -0.15) is 0 Å². The molecule has 0 aliphatic heterocycles. The Morgan fingerprint density at radius 3 is 2.29 bits per heavy atom. The number of rotatable bonds is 2. The first-order valence-corrected chi connectivity index (χ1v) is 7.89. The summed E-state index contributed by atoms with van der Waals surface area (Å²) in [4.78, 5) is 0. The zero-order valence-corrected chi connectivity index (χ0v) is 12.0. The van der Waals surface area contributed by atoms with Gasteiger partial charge in [-0.15, -0.1) is 0 Å². The summed E-state index contributed by atoms with van der Waals surface area (Å²) in [6, 6.07) is 0.808. The van der Waals surface area contributed by atoms with Crippen LogP contribution in [0.5, 0.6) is 0 Å². The van der Waals surface area contributed by atoms with Gasteiger partial charge < -0.3 is 5.32 Å². The third-order valence-electron chi connectivity index (χ3n) is 5.68. The highest BCUT2D eigenvalue weighted by Crippen LogP contribution is 2.41. The highest BCUT2D eigenvalue weighted by molar-refractivity contribution is 4.87. The maximum absolute atomic E-state index is 3.62. The lowest BCUT2D eigenvalue weighted by atomic mass is 9.68. The van der Waals surface area contributed by atoms with Gasteiger partial charge in [0.15, 0.2) is 0 Å². The Hall–Kier alpha value is -0.0400.